The summed E-state index contributed by atoms with van der Waals surface area (Å²) in [6, 6.07) is 12.1. The van der Waals surface area contributed by atoms with Crippen LogP contribution in [0.3, 0.4) is 0 Å². The molecule has 6 heteroatoms. The number of halogens is 3. The van der Waals surface area contributed by atoms with Crippen molar-refractivity contribution in [3.05, 3.63) is 77.0 Å². The fourth-order valence-electron chi connectivity index (χ4n) is 2.36. The topological polar surface area (TPSA) is 32.3 Å². The van der Waals surface area contributed by atoms with E-state index in [0.29, 0.717) is 6.54 Å². The Balaban J connectivity index is 1.74. The summed E-state index contributed by atoms with van der Waals surface area (Å²) in [5.74, 6) is -0.583. The molecule has 0 aromatic heterocycles. The molecule has 0 spiro atoms. The molecule has 0 radical (unpaired) electrons. The lowest BCUT2D eigenvalue weighted by molar-refractivity contribution is -0.137. The highest BCUT2D eigenvalue weighted by Gasteiger charge is 2.31. The number of hydrogen-bond acceptors (Lipinski definition) is 2. The van der Waals surface area contributed by atoms with Crippen LogP contribution in [0.25, 0.3) is 6.08 Å². The van der Waals surface area contributed by atoms with Crippen LogP contribution in [0.5, 0.6) is 0 Å². The molecule has 118 valence electrons. The van der Waals surface area contributed by atoms with Gasteiger partial charge >= 0.3 is 6.18 Å². The predicted octanol–water partition coefficient (Wildman–Crippen LogP) is 3.84. The Hall–Kier alpha value is -2.76. The molecule has 0 saturated heterocycles. The molecule has 1 heterocycles. The van der Waals surface area contributed by atoms with Gasteiger partial charge in [-0.15, -0.1) is 0 Å². The van der Waals surface area contributed by atoms with Gasteiger partial charge in [-0.05, 0) is 35.4 Å². The molecule has 0 unspecified atom stereocenters. The van der Waals surface area contributed by atoms with E-state index in [0.717, 1.165) is 23.3 Å². The Morgan fingerprint density at radius 1 is 1.09 bits per heavy atom. The Bertz CT molecular complexity index is 768. The molecule has 23 heavy (non-hydrogen) atoms. The fraction of sp³-hybridized carbons (Fsp3) is 0.118. The van der Waals surface area contributed by atoms with Gasteiger partial charge < -0.3 is 0 Å². The number of amides is 1. The fourth-order valence-corrected chi connectivity index (χ4v) is 2.36. The van der Waals surface area contributed by atoms with E-state index in [-0.39, 0.29) is 5.56 Å². The van der Waals surface area contributed by atoms with Crippen LogP contribution < -0.4 is 5.43 Å². The summed E-state index contributed by atoms with van der Waals surface area (Å²) in [4.78, 5) is 12.2. The third-order valence-electron chi connectivity index (χ3n) is 3.53. The summed E-state index contributed by atoms with van der Waals surface area (Å²) < 4.78 is 38.1. The average Bonchev–Trinajstić information content (AvgIpc) is 2.54. The van der Waals surface area contributed by atoms with Crippen LogP contribution >= 0.6 is 0 Å². The van der Waals surface area contributed by atoms with Gasteiger partial charge in [-0.1, -0.05) is 30.3 Å². The van der Waals surface area contributed by atoms with Gasteiger partial charge in [0.25, 0.3) is 5.91 Å². The van der Waals surface area contributed by atoms with Crippen molar-refractivity contribution in [2.75, 3.05) is 0 Å². The number of rotatable bonds is 2. The monoisotopic (exact) mass is 318 g/mol. The number of carbonyl (C=O) groups excluding carboxylic acids is 1. The van der Waals surface area contributed by atoms with Crippen molar-refractivity contribution >= 4 is 12.0 Å². The number of carbonyl (C=O) groups is 1. The average molecular weight is 318 g/mol. The maximum absolute atomic E-state index is 12.7. The second-order valence-corrected chi connectivity index (χ2v) is 5.16. The molecular formula is C17H13F3N2O. The molecule has 0 bridgehead atoms. The zero-order chi connectivity index (χ0) is 16.4. The van der Waals surface area contributed by atoms with Crippen molar-refractivity contribution in [2.24, 2.45) is 0 Å². The summed E-state index contributed by atoms with van der Waals surface area (Å²) in [5, 5.41) is 1.55. The van der Waals surface area contributed by atoms with Crippen molar-refractivity contribution < 1.29 is 18.0 Å². The summed E-state index contributed by atoms with van der Waals surface area (Å²) >= 11 is 0. The number of nitrogens with one attached hydrogen (secondary N) is 1. The number of hydrazine groups is 1. The quantitative estimate of drug-likeness (QED) is 0.912. The SMILES string of the molecule is O=C(NN1C=Cc2ccccc2C1)c1cccc(C(F)(F)F)c1. The first-order chi connectivity index (χ1) is 10.9. The van der Waals surface area contributed by atoms with Crippen LogP contribution in [-0.2, 0) is 12.7 Å². The first kappa shape index (κ1) is 15.1. The van der Waals surface area contributed by atoms with Gasteiger partial charge in [-0.25, -0.2) is 0 Å². The van der Waals surface area contributed by atoms with Crippen molar-refractivity contribution in [2.45, 2.75) is 12.7 Å². The van der Waals surface area contributed by atoms with E-state index >= 15 is 0 Å². The minimum atomic E-state index is -4.47. The van der Waals surface area contributed by atoms with Gasteiger partial charge in [-0.3, -0.25) is 15.2 Å². The molecule has 2 aromatic carbocycles. The number of benzene rings is 2. The summed E-state index contributed by atoms with van der Waals surface area (Å²) in [5.41, 5.74) is 3.80. The molecule has 2 aromatic rings. The van der Waals surface area contributed by atoms with Crippen molar-refractivity contribution in [3.8, 4) is 0 Å². The molecule has 1 amide bonds. The molecule has 0 aliphatic carbocycles. The minimum absolute atomic E-state index is 0.0351. The van der Waals surface area contributed by atoms with Crippen LogP contribution in [0.1, 0.15) is 27.0 Å². The normalized spacial score (nSPS) is 13.6. The predicted molar refractivity (Wildman–Crippen MR) is 79.9 cm³/mol. The highest BCUT2D eigenvalue weighted by Crippen LogP contribution is 2.29. The van der Waals surface area contributed by atoms with Crippen LogP contribution in [-0.4, -0.2) is 10.9 Å². The van der Waals surface area contributed by atoms with Crippen molar-refractivity contribution in [3.63, 3.8) is 0 Å². The van der Waals surface area contributed by atoms with Gasteiger partial charge in [0.05, 0.1) is 12.1 Å². The molecule has 0 atom stereocenters. The Labute approximate surface area is 131 Å². The first-order valence-electron chi connectivity index (χ1n) is 6.94. The van der Waals surface area contributed by atoms with Gasteiger partial charge in [0, 0.05) is 11.8 Å². The third kappa shape index (κ3) is 3.36. The van der Waals surface area contributed by atoms with Gasteiger partial charge in [-0.2, -0.15) is 13.2 Å². The van der Waals surface area contributed by atoms with E-state index in [2.05, 4.69) is 5.43 Å². The molecular weight excluding hydrogens is 305 g/mol. The minimum Gasteiger partial charge on any atom is -0.288 e. The highest BCUT2D eigenvalue weighted by molar-refractivity contribution is 5.94. The Morgan fingerprint density at radius 2 is 1.87 bits per heavy atom. The van der Waals surface area contributed by atoms with E-state index in [1.54, 1.807) is 11.2 Å². The second-order valence-electron chi connectivity index (χ2n) is 5.16. The molecule has 0 fully saturated rings. The lowest BCUT2D eigenvalue weighted by Gasteiger charge is -2.25. The Kier molecular flexibility index (Phi) is 3.82. The van der Waals surface area contributed by atoms with E-state index in [4.69, 9.17) is 0 Å². The number of hydrogen-bond donors (Lipinski definition) is 1. The highest BCUT2D eigenvalue weighted by atomic mass is 19.4. The molecule has 3 nitrogen and oxygen atoms in total. The maximum atomic E-state index is 12.7. The lowest BCUT2D eigenvalue weighted by Crippen LogP contribution is -2.39. The summed E-state index contributed by atoms with van der Waals surface area (Å²) in [6.45, 7) is 0.456. The van der Waals surface area contributed by atoms with E-state index in [1.165, 1.54) is 12.1 Å². The smallest absolute Gasteiger partial charge is 0.288 e. The van der Waals surface area contributed by atoms with Gasteiger partial charge in [0.15, 0.2) is 0 Å². The van der Waals surface area contributed by atoms with Crippen molar-refractivity contribution in [1.29, 1.82) is 0 Å². The van der Waals surface area contributed by atoms with Crippen LogP contribution in [0.2, 0.25) is 0 Å². The number of fused-ring (bicyclic) bond motifs is 1. The second kappa shape index (κ2) is 5.79. The molecule has 1 aliphatic heterocycles. The number of alkyl halides is 3. The zero-order valence-electron chi connectivity index (χ0n) is 12.0. The standard InChI is InChI=1S/C17H13F3N2O/c18-17(19,20)15-7-3-6-13(10-15)16(23)21-22-9-8-12-4-1-2-5-14(12)11-22/h1-10H,11H2,(H,21,23). The summed E-state index contributed by atoms with van der Waals surface area (Å²) in [6.07, 6.45) is -0.945. The largest absolute Gasteiger partial charge is 0.416 e. The molecule has 0 saturated carbocycles. The number of nitrogens with zero attached hydrogens (tertiary/aromatic N) is 1. The zero-order valence-corrected chi connectivity index (χ0v) is 12.0. The molecule has 1 aliphatic rings. The first-order valence-corrected chi connectivity index (χ1v) is 6.94. The van der Waals surface area contributed by atoms with Crippen LogP contribution in [0.15, 0.2) is 54.7 Å². The van der Waals surface area contributed by atoms with E-state index in [9.17, 15) is 18.0 Å². The van der Waals surface area contributed by atoms with E-state index < -0.39 is 17.6 Å². The van der Waals surface area contributed by atoms with E-state index in [1.807, 2.05) is 30.3 Å². The molecule has 3 rings (SSSR count). The van der Waals surface area contributed by atoms with Crippen molar-refractivity contribution in [1.82, 2.24) is 10.4 Å². The van der Waals surface area contributed by atoms with Crippen LogP contribution in [0, 0.1) is 0 Å². The molecule has 1 N–H and O–H groups in total. The van der Waals surface area contributed by atoms with Gasteiger partial charge in [0.2, 0.25) is 0 Å². The maximum Gasteiger partial charge on any atom is 0.416 e. The summed E-state index contributed by atoms with van der Waals surface area (Å²) in [7, 11) is 0. The van der Waals surface area contributed by atoms with Crippen LogP contribution in [0.4, 0.5) is 13.2 Å². The third-order valence-corrected chi connectivity index (χ3v) is 3.53. The lowest BCUT2D eigenvalue weighted by atomic mass is 10.1. The Morgan fingerprint density at radius 3 is 2.65 bits per heavy atom. The van der Waals surface area contributed by atoms with Gasteiger partial charge in [0.1, 0.15) is 0 Å².